The highest BCUT2D eigenvalue weighted by Gasteiger charge is 2.49. The summed E-state index contributed by atoms with van der Waals surface area (Å²) in [6, 6.07) is 26.2. The van der Waals surface area contributed by atoms with E-state index in [0.717, 1.165) is 49.4 Å². The van der Waals surface area contributed by atoms with Gasteiger partial charge in [-0.25, -0.2) is 8.42 Å². The molecule has 0 aromatic heterocycles. The standard InChI is InChI=1S/C32H35N3O4S2/c1-39-28-13-7-24(8-14-28)20-31(36)33-32-35(29-21-41(37,38)22-30(29)40-32)27-11-9-26(10-12-27)34-17-15-25(16-18-34)19-23-5-3-2-4-6-23/h2-14,25,29-30H,15-22H2,1H3/t29-,30-/m0/s1. The van der Waals surface area contributed by atoms with Crippen LogP contribution in [0.3, 0.4) is 0 Å². The molecule has 3 fully saturated rings. The Hall–Kier alpha value is -3.30. The molecule has 0 bridgehead atoms. The molecule has 0 spiro atoms. The molecule has 3 aliphatic rings. The molecule has 0 unspecified atom stereocenters. The molecule has 41 heavy (non-hydrogen) atoms. The van der Waals surface area contributed by atoms with Gasteiger partial charge in [0.05, 0.1) is 31.1 Å². The number of carbonyl (C=O) groups is 1. The zero-order chi connectivity index (χ0) is 28.4. The van der Waals surface area contributed by atoms with E-state index in [1.807, 2.05) is 41.3 Å². The van der Waals surface area contributed by atoms with Gasteiger partial charge >= 0.3 is 0 Å². The lowest BCUT2D eigenvalue weighted by Gasteiger charge is -2.34. The number of carbonyl (C=O) groups excluding carboxylic acids is 1. The zero-order valence-electron chi connectivity index (χ0n) is 23.2. The number of hydrogen-bond donors (Lipinski definition) is 0. The summed E-state index contributed by atoms with van der Waals surface area (Å²) in [5.74, 6) is 1.37. The Bertz CT molecular complexity index is 1500. The minimum atomic E-state index is -3.13. The molecule has 3 heterocycles. The van der Waals surface area contributed by atoms with E-state index in [0.29, 0.717) is 11.1 Å². The lowest BCUT2D eigenvalue weighted by molar-refractivity contribution is -0.117. The summed E-state index contributed by atoms with van der Waals surface area (Å²) in [6.45, 7) is 2.04. The average Bonchev–Trinajstić information content (AvgIpc) is 3.45. The van der Waals surface area contributed by atoms with Gasteiger partial charge in [-0.2, -0.15) is 4.99 Å². The number of hydrogen-bond acceptors (Lipinski definition) is 6. The fourth-order valence-electron chi connectivity index (χ4n) is 6.10. The van der Waals surface area contributed by atoms with Gasteiger partial charge in [0.1, 0.15) is 5.75 Å². The van der Waals surface area contributed by atoms with Gasteiger partial charge in [-0.3, -0.25) is 4.79 Å². The smallest absolute Gasteiger partial charge is 0.252 e. The first kappa shape index (κ1) is 27.8. The van der Waals surface area contributed by atoms with Crippen molar-refractivity contribution in [1.29, 1.82) is 0 Å². The number of sulfone groups is 1. The van der Waals surface area contributed by atoms with Gasteiger partial charge in [-0.1, -0.05) is 54.2 Å². The molecular formula is C32H35N3O4S2. The van der Waals surface area contributed by atoms with Crippen LogP contribution in [0, 0.1) is 5.92 Å². The van der Waals surface area contributed by atoms with E-state index in [2.05, 4.69) is 52.4 Å². The van der Waals surface area contributed by atoms with Gasteiger partial charge in [0.25, 0.3) is 5.91 Å². The third-order valence-electron chi connectivity index (χ3n) is 8.28. The van der Waals surface area contributed by atoms with Crippen LogP contribution in [0.2, 0.25) is 0 Å². The summed E-state index contributed by atoms with van der Waals surface area (Å²) >= 11 is 1.41. The van der Waals surface area contributed by atoms with Gasteiger partial charge in [-0.05, 0) is 72.7 Å². The molecule has 2 atom stereocenters. The number of anilines is 2. The first-order valence-corrected chi connectivity index (χ1v) is 16.9. The van der Waals surface area contributed by atoms with Gasteiger partial charge in [-0.15, -0.1) is 0 Å². The second-order valence-electron chi connectivity index (χ2n) is 11.1. The molecule has 0 N–H and O–H groups in total. The van der Waals surface area contributed by atoms with Crippen LogP contribution in [0.25, 0.3) is 0 Å². The monoisotopic (exact) mass is 589 g/mol. The maximum atomic E-state index is 13.0. The maximum absolute atomic E-state index is 13.0. The molecule has 3 aromatic carbocycles. The summed E-state index contributed by atoms with van der Waals surface area (Å²) in [6.07, 6.45) is 3.63. The number of fused-ring (bicyclic) bond motifs is 1. The average molecular weight is 590 g/mol. The Balaban J connectivity index is 1.15. The number of amidine groups is 1. The third-order valence-corrected chi connectivity index (χ3v) is 11.5. The zero-order valence-corrected chi connectivity index (χ0v) is 24.8. The number of nitrogens with zero attached hydrogens (tertiary/aromatic N) is 3. The van der Waals surface area contributed by atoms with Crippen LogP contribution in [0.4, 0.5) is 11.4 Å². The number of ether oxygens (including phenoxy) is 1. The number of piperidine rings is 1. The number of methoxy groups -OCH3 is 1. The van der Waals surface area contributed by atoms with E-state index in [1.165, 1.54) is 23.0 Å². The molecule has 7 nitrogen and oxygen atoms in total. The Labute approximate surface area is 246 Å². The Morgan fingerprint density at radius 1 is 0.902 bits per heavy atom. The van der Waals surface area contributed by atoms with Crippen LogP contribution in [0.1, 0.15) is 24.0 Å². The molecule has 0 aliphatic carbocycles. The molecule has 9 heteroatoms. The van der Waals surface area contributed by atoms with Crippen LogP contribution < -0.4 is 14.5 Å². The van der Waals surface area contributed by atoms with E-state index in [9.17, 15) is 13.2 Å². The number of amides is 1. The van der Waals surface area contributed by atoms with Gasteiger partial charge in [0.2, 0.25) is 0 Å². The summed E-state index contributed by atoms with van der Waals surface area (Å²) in [5, 5.41) is 0.457. The number of benzene rings is 3. The summed E-state index contributed by atoms with van der Waals surface area (Å²) in [4.78, 5) is 21.9. The first-order chi connectivity index (χ1) is 19.9. The van der Waals surface area contributed by atoms with E-state index < -0.39 is 9.84 Å². The van der Waals surface area contributed by atoms with Gasteiger partial charge in [0.15, 0.2) is 15.0 Å². The molecule has 0 saturated carbocycles. The van der Waals surface area contributed by atoms with Crippen LogP contribution in [-0.2, 0) is 27.5 Å². The largest absolute Gasteiger partial charge is 0.497 e. The number of thioether (sulfide) groups is 1. The predicted octanol–water partition coefficient (Wildman–Crippen LogP) is 5.00. The molecule has 214 valence electrons. The van der Waals surface area contributed by atoms with Crippen molar-refractivity contribution in [3.05, 3.63) is 90.0 Å². The van der Waals surface area contributed by atoms with Crippen LogP contribution >= 0.6 is 11.8 Å². The van der Waals surface area contributed by atoms with E-state index >= 15 is 0 Å². The molecule has 6 rings (SSSR count). The lowest BCUT2D eigenvalue weighted by Crippen LogP contribution is -2.38. The van der Waals surface area contributed by atoms with E-state index in [-0.39, 0.29) is 35.1 Å². The Morgan fingerprint density at radius 3 is 2.27 bits per heavy atom. The second-order valence-corrected chi connectivity index (χ2v) is 14.5. The fourth-order valence-corrected chi connectivity index (χ4v) is 10.0. The van der Waals surface area contributed by atoms with Gasteiger partial charge < -0.3 is 14.5 Å². The first-order valence-electron chi connectivity index (χ1n) is 14.2. The summed E-state index contributed by atoms with van der Waals surface area (Å²) in [7, 11) is -1.52. The topological polar surface area (TPSA) is 79.3 Å². The van der Waals surface area contributed by atoms with E-state index in [1.54, 1.807) is 7.11 Å². The molecule has 1 amide bonds. The lowest BCUT2D eigenvalue weighted by atomic mass is 9.90. The third kappa shape index (κ3) is 6.46. The minimum absolute atomic E-state index is 0.0764. The van der Waals surface area contributed by atoms with Gasteiger partial charge in [0, 0.05) is 29.7 Å². The van der Waals surface area contributed by atoms with Crippen LogP contribution in [0.5, 0.6) is 5.75 Å². The Morgan fingerprint density at radius 2 is 1.59 bits per heavy atom. The van der Waals surface area contributed by atoms with Crippen molar-refractivity contribution in [2.75, 3.05) is 41.5 Å². The molecule has 3 saturated heterocycles. The number of aliphatic imine (C=N–C) groups is 1. The highest BCUT2D eigenvalue weighted by molar-refractivity contribution is 8.16. The highest BCUT2D eigenvalue weighted by atomic mass is 32.2. The minimum Gasteiger partial charge on any atom is -0.497 e. The predicted molar refractivity (Wildman–Crippen MR) is 167 cm³/mol. The summed E-state index contributed by atoms with van der Waals surface area (Å²) < 4.78 is 30.2. The van der Waals surface area contributed by atoms with Crippen LogP contribution in [-0.4, -0.2) is 62.5 Å². The molecule has 0 radical (unpaired) electrons. The SMILES string of the molecule is COc1ccc(CC(=O)N=C2S[C@H]3CS(=O)(=O)C[C@@H]3N2c2ccc(N3CCC(Cc4ccccc4)CC3)cc2)cc1. The molecular weight excluding hydrogens is 555 g/mol. The van der Waals surface area contributed by atoms with Crippen molar-refractivity contribution >= 4 is 44.0 Å². The van der Waals surface area contributed by atoms with Crippen LogP contribution in [0.15, 0.2) is 83.9 Å². The quantitative estimate of drug-likeness (QED) is 0.384. The molecule has 3 aromatic rings. The van der Waals surface area contributed by atoms with E-state index in [4.69, 9.17) is 4.74 Å². The fraction of sp³-hybridized carbons (Fsp3) is 0.375. The summed E-state index contributed by atoms with van der Waals surface area (Å²) in [5.41, 5.74) is 4.31. The number of rotatable bonds is 7. The van der Waals surface area contributed by atoms with Crippen molar-refractivity contribution in [1.82, 2.24) is 0 Å². The van der Waals surface area contributed by atoms with Crippen molar-refractivity contribution in [3.8, 4) is 5.75 Å². The van der Waals surface area contributed by atoms with Crippen molar-refractivity contribution in [2.24, 2.45) is 10.9 Å². The van der Waals surface area contributed by atoms with Crippen molar-refractivity contribution in [2.45, 2.75) is 37.0 Å². The van der Waals surface area contributed by atoms with Crippen molar-refractivity contribution in [3.63, 3.8) is 0 Å². The van der Waals surface area contributed by atoms with Crippen molar-refractivity contribution < 1.29 is 17.9 Å². The normalized spacial score (nSPS) is 23.1. The molecule has 3 aliphatic heterocycles. The Kier molecular flexibility index (Phi) is 8.08. The second kappa shape index (κ2) is 11.9. The highest BCUT2D eigenvalue weighted by Crippen LogP contribution is 2.41. The maximum Gasteiger partial charge on any atom is 0.252 e.